The van der Waals surface area contributed by atoms with Crippen molar-refractivity contribution in [3.63, 3.8) is 0 Å². The molecule has 1 N–H and O–H groups in total. The van der Waals surface area contributed by atoms with E-state index in [1.54, 1.807) is 25.7 Å². The number of rotatable bonds is 6. The zero-order valence-corrected chi connectivity index (χ0v) is 18.6. The Balaban J connectivity index is 2.06. The Hall–Kier alpha value is -1.56. The SMILES string of the molecule is CC=CC=C(C=CSC(C)(C)C1CN(C2CC=C(C(F)(F)F)C=N2)C(O)CO1)C(F)(F)F. The van der Waals surface area contributed by atoms with Crippen LogP contribution in [0.25, 0.3) is 0 Å². The van der Waals surface area contributed by atoms with E-state index in [-0.39, 0.29) is 19.6 Å². The van der Waals surface area contributed by atoms with Gasteiger partial charge in [0.25, 0.3) is 0 Å². The van der Waals surface area contributed by atoms with Gasteiger partial charge in [0.15, 0.2) is 0 Å². The van der Waals surface area contributed by atoms with Crippen LogP contribution < -0.4 is 0 Å². The maximum atomic E-state index is 13.1. The van der Waals surface area contributed by atoms with E-state index in [1.165, 1.54) is 17.6 Å². The second kappa shape index (κ2) is 10.6. The Morgan fingerprint density at radius 1 is 1.25 bits per heavy atom. The highest BCUT2D eigenvalue weighted by molar-refractivity contribution is 8.03. The van der Waals surface area contributed by atoms with Gasteiger partial charge >= 0.3 is 12.4 Å². The van der Waals surface area contributed by atoms with E-state index >= 15 is 0 Å². The molecular formula is C21H26F6N2O2S. The summed E-state index contributed by atoms with van der Waals surface area (Å²) in [6.07, 6.45) is -4.69. The number of alkyl halides is 6. The predicted molar refractivity (Wildman–Crippen MR) is 113 cm³/mol. The van der Waals surface area contributed by atoms with Crippen LogP contribution in [0.2, 0.25) is 0 Å². The quantitative estimate of drug-likeness (QED) is 0.406. The highest BCUT2D eigenvalue weighted by Gasteiger charge is 2.41. The number of hydrogen-bond donors (Lipinski definition) is 1. The average Bonchev–Trinajstić information content (AvgIpc) is 2.69. The zero-order chi connectivity index (χ0) is 24.2. The Kier molecular flexibility index (Phi) is 8.82. The number of halogens is 6. The van der Waals surface area contributed by atoms with E-state index in [4.69, 9.17) is 4.74 Å². The molecular weight excluding hydrogens is 458 g/mol. The van der Waals surface area contributed by atoms with Crippen molar-refractivity contribution in [2.45, 2.75) is 62.8 Å². The lowest BCUT2D eigenvalue weighted by molar-refractivity contribution is -0.158. The summed E-state index contributed by atoms with van der Waals surface area (Å²) < 4.78 is 82.7. The lowest BCUT2D eigenvalue weighted by Gasteiger charge is -2.45. The fourth-order valence-electron chi connectivity index (χ4n) is 3.13. The monoisotopic (exact) mass is 484 g/mol. The van der Waals surface area contributed by atoms with Gasteiger partial charge in [0.05, 0.1) is 23.9 Å². The number of aliphatic hydroxyl groups is 1. The van der Waals surface area contributed by atoms with E-state index in [9.17, 15) is 31.4 Å². The summed E-state index contributed by atoms with van der Waals surface area (Å²) in [5.41, 5.74) is -1.63. The molecule has 2 heterocycles. The van der Waals surface area contributed by atoms with Crippen molar-refractivity contribution in [1.82, 2.24) is 4.90 Å². The van der Waals surface area contributed by atoms with Crippen LogP contribution >= 0.6 is 11.8 Å². The van der Waals surface area contributed by atoms with Crippen LogP contribution in [0.15, 0.2) is 51.9 Å². The fourth-order valence-corrected chi connectivity index (χ4v) is 3.99. The second-order valence-corrected chi connectivity index (χ2v) is 9.38. The molecule has 1 saturated heterocycles. The summed E-state index contributed by atoms with van der Waals surface area (Å²) >= 11 is 1.14. The Morgan fingerprint density at radius 2 is 1.94 bits per heavy atom. The first-order valence-electron chi connectivity index (χ1n) is 9.86. The number of aliphatic hydroxyl groups excluding tert-OH is 1. The maximum absolute atomic E-state index is 13.1. The van der Waals surface area contributed by atoms with E-state index in [0.717, 1.165) is 36.2 Å². The molecule has 0 aliphatic carbocycles. The fraction of sp³-hybridized carbons (Fsp3) is 0.571. The topological polar surface area (TPSA) is 45.1 Å². The van der Waals surface area contributed by atoms with Gasteiger partial charge in [0.2, 0.25) is 0 Å². The summed E-state index contributed by atoms with van der Waals surface area (Å²) in [7, 11) is 0. The molecule has 2 aliphatic rings. The zero-order valence-electron chi connectivity index (χ0n) is 17.8. The minimum Gasteiger partial charge on any atom is -0.376 e. The van der Waals surface area contributed by atoms with Crippen molar-refractivity contribution < 1.29 is 36.2 Å². The number of morpholine rings is 1. The van der Waals surface area contributed by atoms with Crippen molar-refractivity contribution in [1.29, 1.82) is 0 Å². The molecule has 0 aromatic heterocycles. The smallest absolute Gasteiger partial charge is 0.376 e. The molecule has 4 nitrogen and oxygen atoms in total. The number of ether oxygens (including phenoxy) is 1. The van der Waals surface area contributed by atoms with E-state index in [1.807, 2.05) is 0 Å². The van der Waals surface area contributed by atoms with Gasteiger partial charge in [-0.2, -0.15) is 26.3 Å². The standard InChI is InChI=1S/C21H26F6N2O2S/c1-4-5-6-14(20(22,23)24)9-10-32-19(2,3)16-12-29(18(30)13-31-16)17-8-7-15(11-28-17)21(25,26)27/h4-7,9-11,16-18,30H,8,12-13H2,1-3H3. The number of dihydropyridines is 1. The number of nitrogens with zero attached hydrogens (tertiary/aromatic N) is 2. The van der Waals surface area contributed by atoms with Gasteiger partial charge in [-0.25, -0.2) is 0 Å². The molecule has 2 rings (SSSR count). The van der Waals surface area contributed by atoms with Crippen molar-refractivity contribution in [3.05, 3.63) is 46.9 Å². The average molecular weight is 485 g/mol. The molecule has 0 aromatic carbocycles. The third kappa shape index (κ3) is 7.23. The van der Waals surface area contributed by atoms with Crippen LogP contribution in [0.4, 0.5) is 26.3 Å². The van der Waals surface area contributed by atoms with Crippen LogP contribution in [0.1, 0.15) is 27.2 Å². The summed E-state index contributed by atoms with van der Waals surface area (Å²) in [6.45, 7) is 5.26. The number of allylic oxidation sites excluding steroid dienone is 6. The van der Waals surface area contributed by atoms with Gasteiger partial charge in [-0.05, 0) is 32.3 Å². The summed E-state index contributed by atoms with van der Waals surface area (Å²) in [6, 6.07) is 0. The molecule has 3 unspecified atom stereocenters. The number of thioether (sulfide) groups is 1. The largest absolute Gasteiger partial charge is 0.417 e. The third-order valence-electron chi connectivity index (χ3n) is 5.04. The highest BCUT2D eigenvalue weighted by atomic mass is 32.2. The van der Waals surface area contributed by atoms with Crippen molar-refractivity contribution >= 4 is 18.0 Å². The molecule has 3 atom stereocenters. The Bertz CT molecular complexity index is 799. The molecule has 180 valence electrons. The van der Waals surface area contributed by atoms with Crippen LogP contribution in [-0.2, 0) is 4.74 Å². The van der Waals surface area contributed by atoms with Crippen LogP contribution in [0.5, 0.6) is 0 Å². The molecule has 32 heavy (non-hydrogen) atoms. The normalized spacial score (nSPS) is 26.9. The molecule has 0 amide bonds. The summed E-state index contributed by atoms with van der Waals surface area (Å²) in [5.74, 6) is 0. The second-order valence-electron chi connectivity index (χ2n) is 7.82. The molecule has 1 fully saturated rings. The molecule has 0 spiro atoms. The van der Waals surface area contributed by atoms with E-state index in [0.29, 0.717) is 0 Å². The van der Waals surface area contributed by atoms with Crippen molar-refractivity contribution in [3.8, 4) is 0 Å². The minimum atomic E-state index is -4.50. The van der Waals surface area contributed by atoms with E-state index in [2.05, 4.69) is 4.99 Å². The van der Waals surface area contributed by atoms with Crippen molar-refractivity contribution in [2.24, 2.45) is 4.99 Å². The maximum Gasteiger partial charge on any atom is 0.417 e. The first kappa shape index (κ1) is 26.7. The summed E-state index contributed by atoms with van der Waals surface area (Å²) in [5, 5.41) is 11.6. The van der Waals surface area contributed by atoms with Crippen LogP contribution in [-0.4, -0.2) is 65.0 Å². The van der Waals surface area contributed by atoms with Gasteiger partial charge in [-0.15, -0.1) is 11.8 Å². The first-order chi connectivity index (χ1) is 14.8. The Morgan fingerprint density at radius 3 is 2.47 bits per heavy atom. The first-order valence-corrected chi connectivity index (χ1v) is 10.7. The number of hydrogen-bond acceptors (Lipinski definition) is 5. The van der Waals surface area contributed by atoms with Gasteiger partial charge in [-0.1, -0.05) is 24.3 Å². The lowest BCUT2D eigenvalue weighted by atomic mass is 10.0. The van der Waals surface area contributed by atoms with Crippen molar-refractivity contribution in [2.75, 3.05) is 13.2 Å². The molecule has 0 saturated carbocycles. The molecule has 0 bridgehead atoms. The van der Waals surface area contributed by atoms with Gasteiger partial charge in [-0.3, -0.25) is 9.89 Å². The van der Waals surface area contributed by atoms with Gasteiger partial charge in [0.1, 0.15) is 12.4 Å². The molecule has 0 aromatic rings. The van der Waals surface area contributed by atoms with Gasteiger partial charge in [0, 0.05) is 23.9 Å². The van der Waals surface area contributed by atoms with Gasteiger partial charge < -0.3 is 9.84 Å². The molecule has 0 radical (unpaired) electrons. The van der Waals surface area contributed by atoms with E-state index < -0.39 is 46.7 Å². The lowest BCUT2D eigenvalue weighted by Crippen LogP contribution is -2.58. The van der Waals surface area contributed by atoms with Crippen LogP contribution in [0, 0.1) is 0 Å². The predicted octanol–water partition coefficient (Wildman–Crippen LogP) is 5.39. The molecule has 11 heteroatoms. The van der Waals surface area contributed by atoms with Crippen LogP contribution in [0.3, 0.4) is 0 Å². The molecule has 2 aliphatic heterocycles. The number of aliphatic imine (C=N–C) groups is 1. The third-order valence-corrected chi connectivity index (χ3v) is 6.18. The highest BCUT2D eigenvalue weighted by Crippen LogP contribution is 2.36. The Labute approximate surface area is 187 Å². The minimum absolute atomic E-state index is 0.0206. The summed E-state index contributed by atoms with van der Waals surface area (Å²) in [4.78, 5) is 5.50.